The van der Waals surface area contributed by atoms with Gasteiger partial charge in [-0.15, -0.1) is 0 Å². The molecule has 1 heterocycles. The summed E-state index contributed by atoms with van der Waals surface area (Å²) in [7, 11) is 1.72. The second kappa shape index (κ2) is 10.4. The fraction of sp³-hybridized carbons (Fsp3) is 0.600. The molecule has 7 nitrogen and oxygen atoms in total. The molecule has 1 unspecified atom stereocenters. The van der Waals surface area contributed by atoms with Gasteiger partial charge in [0.25, 0.3) is 0 Å². The molecule has 1 aromatic carbocycles. The van der Waals surface area contributed by atoms with Crippen LogP contribution in [0.3, 0.4) is 0 Å². The van der Waals surface area contributed by atoms with Gasteiger partial charge in [0.1, 0.15) is 5.82 Å². The minimum absolute atomic E-state index is 0.0950. The molecule has 0 aromatic heterocycles. The maximum Gasteiger partial charge on any atom is 0.223 e. The monoisotopic (exact) mass is 391 g/mol. The topological polar surface area (TPSA) is 78.0 Å². The van der Waals surface area contributed by atoms with Crippen molar-refractivity contribution in [2.45, 2.75) is 18.9 Å². The minimum Gasteiger partial charge on any atom is -0.379 e. The number of ether oxygens (including phenoxy) is 1. The number of carbonyl (C=O) groups excluding carboxylic acids is 1. The maximum absolute atomic E-state index is 13.3. The van der Waals surface area contributed by atoms with E-state index in [4.69, 9.17) is 4.74 Å². The van der Waals surface area contributed by atoms with Gasteiger partial charge in [-0.2, -0.15) is 0 Å². The molecular formula is C20H30FN5O2. The van der Waals surface area contributed by atoms with E-state index in [0.717, 1.165) is 31.5 Å². The molecule has 2 aliphatic rings. The van der Waals surface area contributed by atoms with Gasteiger partial charge in [0.15, 0.2) is 5.96 Å². The number of benzene rings is 1. The van der Waals surface area contributed by atoms with E-state index in [1.165, 1.54) is 12.1 Å². The highest BCUT2D eigenvalue weighted by Gasteiger charge is 2.29. The zero-order valence-electron chi connectivity index (χ0n) is 16.4. The first kappa shape index (κ1) is 20.5. The van der Waals surface area contributed by atoms with E-state index < -0.39 is 0 Å². The molecule has 1 aliphatic carbocycles. The van der Waals surface area contributed by atoms with Crippen molar-refractivity contribution in [2.75, 3.05) is 53.0 Å². The summed E-state index contributed by atoms with van der Waals surface area (Å²) in [5.41, 5.74) is 1.06. The maximum atomic E-state index is 13.3. The fourth-order valence-corrected chi connectivity index (χ4v) is 3.30. The normalized spacial score (nSPS) is 19.1. The summed E-state index contributed by atoms with van der Waals surface area (Å²) in [6, 6.07) is 6.76. The highest BCUT2D eigenvalue weighted by Crippen LogP contribution is 2.28. The number of aliphatic imine (C=N–C) groups is 1. The molecule has 0 radical (unpaired) electrons. The Labute approximate surface area is 165 Å². The van der Waals surface area contributed by atoms with Crippen LogP contribution in [0.1, 0.15) is 24.4 Å². The second-order valence-corrected chi connectivity index (χ2v) is 7.16. The Kier molecular flexibility index (Phi) is 7.62. The molecule has 154 valence electrons. The zero-order valence-corrected chi connectivity index (χ0v) is 16.4. The first-order valence-electron chi connectivity index (χ1n) is 9.97. The van der Waals surface area contributed by atoms with Gasteiger partial charge in [0, 0.05) is 45.7 Å². The molecule has 3 rings (SSSR count). The number of rotatable bonds is 8. The van der Waals surface area contributed by atoms with E-state index >= 15 is 0 Å². The van der Waals surface area contributed by atoms with Gasteiger partial charge in [-0.1, -0.05) is 12.1 Å². The average Bonchev–Trinajstić information content (AvgIpc) is 3.57. The van der Waals surface area contributed by atoms with Crippen molar-refractivity contribution in [2.24, 2.45) is 10.9 Å². The third-order valence-corrected chi connectivity index (χ3v) is 5.09. The fourth-order valence-electron chi connectivity index (χ4n) is 3.30. The van der Waals surface area contributed by atoms with E-state index in [1.807, 2.05) is 12.1 Å². The van der Waals surface area contributed by atoms with E-state index in [2.05, 4.69) is 25.8 Å². The molecule has 1 amide bonds. The molecule has 3 N–H and O–H groups in total. The lowest BCUT2D eigenvalue weighted by Crippen LogP contribution is -2.47. The minimum atomic E-state index is -0.233. The van der Waals surface area contributed by atoms with Gasteiger partial charge in [-0.25, -0.2) is 4.39 Å². The Balaban J connectivity index is 1.50. The lowest BCUT2D eigenvalue weighted by atomic mass is 10.0. The summed E-state index contributed by atoms with van der Waals surface area (Å²) in [6.07, 6.45) is 2.02. The van der Waals surface area contributed by atoms with E-state index in [9.17, 15) is 9.18 Å². The summed E-state index contributed by atoms with van der Waals surface area (Å²) in [6.45, 7) is 4.89. The van der Waals surface area contributed by atoms with Gasteiger partial charge in [0.2, 0.25) is 5.91 Å². The molecule has 1 atom stereocenters. The van der Waals surface area contributed by atoms with Crippen molar-refractivity contribution >= 4 is 11.9 Å². The molecule has 8 heteroatoms. The van der Waals surface area contributed by atoms with Crippen molar-refractivity contribution < 1.29 is 13.9 Å². The van der Waals surface area contributed by atoms with E-state index in [0.29, 0.717) is 38.8 Å². The van der Waals surface area contributed by atoms with Crippen LogP contribution in [0.5, 0.6) is 0 Å². The highest BCUT2D eigenvalue weighted by atomic mass is 19.1. The number of halogens is 1. The Morgan fingerprint density at radius 3 is 2.50 bits per heavy atom. The van der Waals surface area contributed by atoms with Gasteiger partial charge in [-0.3, -0.25) is 14.7 Å². The Bertz CT molecular complexity index is 657. The average molecular weight is 391 g/mol. The summed E-state index contributed by atoms with van der Waals surface area (Å²) >= 11 is 0. The van der Waals surface area contributed by atoms with Crippen LogP contribution in [0, 0.1) is 11.7 Å². The van der Waals surface area contributed by atoms with Crippen molar-refractivity contribution in [3.05, 3.63) is 35.6 Å². The Morgan fingerprint density at radius 2 is 1.86 bits per heavy atom. The third-order valence-electron chi connectivity index (χ3n) is 5.09. The van der Waals surface area contributed by atoms with Crippen LogP contribution in [0.15, 0.2) is 29.3 Å². The lowest BCUT2D eigenvalue weighted by molar-refractivity contribution is -0.122. The zero-order chi connectivity index (χ0) is 19.8. The third kappa shape index (κ3) is 6.17. The summed E-state index contributed by atoms with van der Waals surface area (Å²) in [5.74, 6) is 0.820. The van der Waals surface area contributed by atoms with Crippen LogP contribution in [0.2, 0.25) is 0 Å². The van der Waals surface area contributed by atoms with Crippen molar-refractivity contribution in [3.63, 3.8) is 0 Å². The van der Waals surface area contributed by atoms with E-state index in [1.54, 1.807) is 7.05 Å². The van der Waals surface area contributed by atoms with Crippen LogP contribution in [-0.2, 0) is 9.53 Å². The van der Waals surface area contributed by atoms with Gasteiger partial charge in [-0.05, 0) is 30.5 Å². The number of nitrogens with one attached hydrogen (secondary N) is 3. The number of amides is 1. The molecule has 1 saturated heterocycles. The molecule has 2 fully saturated rings. The van der Waals surface area contributed by atoms with Crippen LogP contribution in [0.4, 0.5) is 4.39 Å². The first-order chi connectivity index (χ1) is 13.7. The summed E-state index contributed by atoms with van der Waals surface area (Å²) in [5, 5.41) is 9.51. The van der Waals surface area contributed by atoms with Crippen molar-refractivity contribution in [3.8, 4) is 0 Å². The number of hydrogen-bond donors (Lipinski definition) is 3. The van der Waals surface area contributed by atoms with Crippen LogP contribution in [0.25, 0.3) is 0 Å². The molecule has 1 aromatic rings. The first-order valence-corrected chi connectivity index (χ1v) is 9.97. The largest absolute Gasteiger partial charge is 0.379 e. The Hall–Kier alpha value is -2.19. The number of hydrogen-bond acceptors (Lipinski definition) is 4. The summed E-state index contributed by atoms with van der Waals surface area (Å²) < 4.78 is 18.8. The van der Waals surface area contributed by atoms with Gasteiger partial charge in [0.05, 0.1) is 19.3 Å². The van der Waals surface area contributed by atoms with E-state index in [-0.39, 0.29) is 23.7 Å². The number of carbonyl (C=O) groups is 1. The number of guanidine groups is 1. The number of morpholine rings is 1. The molecule has 0 bridgehead atoms. The standard InChI is InChI=1S/C20H30FN5O2/c1-22-20(24-9-8-23-19(27)16-2-3-16)25-14-18(26-10-12-28-13-11-26)15-4-6-17(21)7-5-15/h4-7,16,18H,2-3,8-14H2,1H3,(H,23,27)(H2,22,24,25). The predicted octanol–water partition coefficient (Wildman–Crippen LogP) is 0.890. The Morgan fingerprint density at radius 1 is 1.18 bits per heavy atom. The lowest BCUT2D eigenvalue weighted by Gasteiger charge is -2.35. The quantitative estimate of drug-likeness (QED) is 0.349. The van der Waals surface area contributed by atoms with Crippen LogP contribution >= 0.6 is 0 Å². The molecule has 0 spiro atoms. The van der Waals surface area contributed by atoms with Crippen LogP contribution < -0.4 is 16.0 Å². The number of nitrogens with zero attached hydrogens (tertiary/aromatic N) is 2. The van der Waals surface area contributed by atoms with Crippen molar-refractivity contribution in [1.29, 1.82) is 0 Å². The SMILES string of the molecule is CN=C(NCCNC(=O)C1CC1)NCC(c1ccc(F)cc1)N1CCOCC1. The molecule has 1 aliphatic heterocycles. The van der Waals surface area contributed by atoms with Crippen molar-refractivity contribution in [1.82, 2.24) is 20.9 Å². The van der Waals surface area contributed by atoms with Gasteiger partial charge >= 0.3 is 0 Å². The predicted molar refractivity (Wildman–Crippen MR) is 107 cm³/mol. The highest BCUT2D eigenvalue weighted by molar-refractivity contribution is 5.81. The summed E-state index contributed by atoms with van der Waals surface area (Å²) in [4.78, 5) is 18.3. The smallest absolute Gasteiger partial charge is 0.223 e. The molecule has 28 heavy (non-hydrogen) atoms. The molecular weight excluding hydrogens is 361 g/mol. The van der Waals surface area contributed by atoms with Crippen LogP contribution in [-0.4, -0.2) is 69.8 Å². The van der Waals surface area contributed by atoms with Gasteiger partial charge < -0.3 is 20.7 Å². The molecule has 1 saturated carbocycles. The second-order valence-electron chi connectivity index (χ2n) is 7.16.